The van der Waals surface area contributed by atoms with Crippen molar-refractivity contribution in [2.45, 2.75) is 6.92 Å². The fourth-order valence-corrected chi connectivity index (χ4v) is 2.91. The summed E-state index contributed by atoms with van der Waals surface area (Å²) in [6.07, 6.45) is 6.84. The van der Waals surface area contributed by atoms with Gasteiger partial charge in [-0.25, -0.2) is 0 Å². The summed E-state index contributed by atoms with van der Waals surface area (Å²) in [5, 5.41) is -0.345. The van der Waals surface area contributed by atoms with E-state index in [1.807, 2.05) is 13.0 Å². The molecule has 1 fully saturated rings. The van der Waals surface area contributed by atoms with Gasteiger partial charge >= 0.3 is 0 Å². The maximum atomic E-state index is 12.1. The predicted octanol–water partition coefficient (Wildman–Crippen LogP) is 2.39. The fraction of sp³-hybridized carbons (Fsp3) is 0.200. The number of terminal acetylenes is 1. The van der Waals surface area contributed by atoms with E-state index in [1.54, 1.807) is 12.1 Å². The number of hydrogen-bond donors (Lipinski definition) is 0. The van der Waals surface area contributed by atoms with Gasteiger partial charge in [0.25, 0.3) is 11.1 Å². The van der Waals surface area contributed by atoms with Crippen molar-refractivity contribution in [2.75, 3.05) is 13.3 Å². The normalized spacial score (nSPS) is 18.5. The Morgan fingerprint density at radius 1 is 1.38 bits per heavy atom. The van der Waals surface area contributed by atoms with Gasteiger partial charge in [-0.1, -0.05) is 5.92 Å². The largest absolute Gasteiger partial charge is 0.454 e. The Morgan fingerprint density at radius 3 is 2.81 bits per heavy atom. The number of imide groups is 1. The van der Waals surface area contributed by atoms with Crippen LogP contribution in [0.4, 0.5) is 4.79 Å². The van der Waals surface area contributed by atoms with Crippen molar-refractivity contribution in [1.29, 1.82) is 0 Å². The Morgan fingerprint density at radius 2 is 2.10 bits per heavy atom. The van der Waals surface area contributed by atoms with Gasteiger partial charge in [0, 0.05) is 0 Å². The highest BCUT2D eigenvalue weighted by molar-refractivity contribution is 8.18. The van der Waals surface area contributed by atoms with Crippen LogP contribution in [0.15, 0.2) is 17.0 Å². The van der Waals surface area contributed by atoms with Gasteiger partial charge in [0.2, 0.25) is 6.79 Å². The summed E-state index contributed by atoms with van der Waals surface area (Å²) in [7, 11) is 0. The lowest BCUT2D eigenvalue weighted by molar-refractivity contribution is -0.122. The molecule has 1 saturated heterocycles. The molecule has 0 spiro atoms. The first kappa shape index (κ1) is 13.6. The van der Waals surface area contributed by atoms with Gasteiger partial charge in [0.05, 0.1) is 11.4 Å². The fourth-order valence-electron chi connectivity index (χ4n) is 2.08. The number of carbonyl (C=O) groups excluding carboxylic acids is 2. The summed E-state index contributed by atoms with van der Waals surface area (Å²) >= 11 is 0.889. The van der Waals surface area contributed by atoms with E-state index in [1.165, 1.54) is 0 Å². The standard InChI is InChI=1S/C15H11NO4S/c1-3-4-16-14(17)13(21-15(16)18)7-10-6-12-11(5-9(10)2)19-8-20-12/h1,5-7H,4,8H2,2H3/b13-7+. The van der Waals surface area contributed by atoms with E-state index >= 15 is 0 Å². The molecular weight excluding hydrogens is 290 g/mol. The quantitative estimate of drug-likeness (QED) is 0.620. The zero-order valence-corrected chi connectivity index (χ0v) is 12.0. The van der Waals surface area contributed by atoms with Gasteiger partial charge in [0.15, 0.2) is 11.5 Å². The Hall–Kier alpha value is -2.39. The van der Waals surface area contributed by atoms with Crippen LogP contribution in [0.1, 0.15) is 11.1 Å². The maximum Gasteiger partial charge on any atom is 0.294 e. The number of rotatable bonds is 2. The maximum absolute atomic E-state index is 12.1. The Kier molecular flexibility index (Phi) is 3.35. The van der Waals surface area contributed by atoms with E-state index < -0.39 is 0 Å². The van der Waals surface area contributed by atoms with Crippen LogP contribution in [0.5, 0.6) is 11.5 Å². The van der Waals surface area contributed by atoms with E-state index in [2.05, 4.69) is 5.92 Å². The molecule has 0 N–H and O–H groups in total. The van der Waals surface area contributed by atoms with Crippen molar-refractivity contribution in [3.63, 3.8) is 0 Å². The Balaban J connectivity index is 1.95. The molecule has 2 aliphatic rings. The lowest BCUT2D eigenvalue weighted by Gasteiger charge is -2.07. The molecule has 21 heavy (non-hydrogen) atoms. The van der Waals surface area contributed by atoms with Crippen LogP contribution in [0.3, 0.4) is 0 Å². The lowest BCUT2D eigenvalue weighted by atomic mass is 10.1. The first-order chi connectivity index (χ1) is 10.1. The van der Waals surface area contributed by atoms with E-state index in [0.29, 0.717) is 16.4 Å². The topological polar surface area (TPSA) is 55.8 Å². The monoisotopic (exact) mass is 301 g/mol. The molecule has 0 atom stereocenters. The van der Waals surface area contributed by atoms with Crippen LogP contribution in [0.25, 0.3) is 6.08 Å². The smallest absolute Gasteiger partial charge is 0.294 e. The molecule has 5 nitrogen and oxygen atoms in total. The van der Waals surface area contributed by atoms with Crippen LogP contribution in [0.2, 0.25) is 0 Å². The number of hydrogen-bond acceptors (Lipinski definition) is 5. The average Bonchev–Trinajstić information content (AvgIpc) is 2.99. The summed E-state index contributed by atoms with van der Waals surface area (Å²) in [4.78, 5) is 25.3. The molecule has 3 rings (SSSR count). The second-order valence-electron chi connectivity index (χ2n) is 4.53. The first-order valence-electron chi connectivity index (χ1n) is 6.19. The molecule has 2 heterocycles. The zero-order valence-electron chi connectivity index (χ0n) is 11.2. The number of carbonyl (C=O) groups is 2. The van der Waals surface area contributed by atoms with Crippen molar-refractivity contribution < 1.29 is 19.1 Å². The number of nitrogens with zero attached hydrogens (tertiary/aromatic N) is 1. The van der Waals surface area contributed by atoms with Crippen LogP contribution in [-0.4, -0.2) is 29.4 Å². The minimum atomic E-state index is -0.361. The second kappa shape index (κ2) is 5.19. The van der Waals surface area contributed by atoms with Crippen molar-refractivity contribution in [2.24, 2.45) is 0 Å². The number of benzene rings is 1. The van der Waals surface area contributed by atoms with Crippen LogP contribution >= 0.6 is 11.8 Å². The van der Waals surface area contributed by atoms with Crippen molar-refractivity contribution in [3.8, 4) is 23.8 Å². The van der Waals surface area contributed by atoms with Gasteiger partial charge in [0.1, 0.15) is 0 Å². The van der Waals surface area contributed by atoms with E-state index in [0.717, 1.165) is 27.8 Å². The van der Waals surface area contributed by atoms with Gasteiger partial charge in [-0.3, -0.25) is 14.5 Å². The minimum Gasteiger partial charge on any atom is -0.454 e. The number of thioether (sulfide) groups is 1. The molecular formula is C15H11NO4S. The molecule has 0 aromatic heterocycles. The second-order valence-corrected chi connectivity index (χ2v) is 5.53. The lowest BCUT2D eigenvalue weighted by Crippen LogP contribution is -2.28. The molecule has 0 radical (unpaired) electrons. The highest BCUT2D eigenvalue weighted by atomic mass is 32.2. The van der Waals surface area contributed by atoms with Crippen LogP contribution in [-0.2, 0) is 4.79 Å². The summed E-state index contributed by atoms with van der Waals surface area (Å²) in [5.74, 6) is 3.27. The molecule has 2 amide bonds. The van der Waals surface area contributed by atoms with Gasteiger partial charge in [-0.2, -0.15) is 0 Å². The molecule has 0 bridgehead atoms. The highest BCUT2D eigenvalue weighted by Crippen LogP contribution is 2.37. The summed E-state index contributed by atoms with van der Waals surface area (Å²) < 4.78 is 10.6. The first-order valence-corrected chi connectivity index (χ1v) is 7.01. The van der Waals surface area contributed by atoms with Crippen molar-refractivity contribution in [3.05, 3.63) is 28.2 Å². The van der Waals surface area contributed by atoms with Crippen molar-refractivity contribution in [1.82, 2.24) is 4.90 Å². The number of aryl methyl sites for hydroxylation is 1. The number of ether oxygens (including phenoxy) is 2. The molecule has 0 aliphatic carbocycles. The third kappa shape index (κ3) is 2.36. The van der Waals surface area contributed by atoms with Gasteiger partial charge in [-0.15, -0.1) is 6.42 Å². The molecule has 0 saturated carbocycles. The van der Waals surface area contributed by atoms with Crippen LogP contribution in [0, 0.1) is 19.3 Å². The third-order valence-electron chi connectivity index (χ3n) is 3.17. The van der Waals surface area contributed by atoms with Crippen LogP contribution < -0.4 is 9.47 Å². The SMILES string of the molecule is C#CCN1C(=O)S/C(=C/c2cc3c(cc2C)OCO3)C1=O. The summed E-state index contributed by atoms with van der Waals surface area (Å²) in [6, 6.07) is 3.65. The number of amides is 2. The summed E-state index contributed by atoms with van der Waals surface area (Å²) in [6.45, 7) is 2.08. The minimum absolute atomic E-state index is 0.0118. The van der Waals surface area contributed by atoms with Crippen molar-refractivity contribution >= 4 is 29.0 Å². The molecule has 0 unspecified atom stereocenters. The highest BCUT2D eigenvalue weighted by Gasteiger charge is 2.34. The Bertz CT molecular complexity index is 717. The van der Waals surface area contributed by atoms with Gasteiger partial charge < -0.3 is 9.47 Å². The molecule has 106 valence electrons. The zero-order chi connectivity index (χ0) is 15.0. The average molecular weight is 301 g/mol. The molecule has 1 aromatic rings. The molecule has 1 aromatic carbocycles. The molecule has 6 heteroatoms. The Labute approximate surface area is 125 Å². The summed E-state index contributed by atoms with van der Waals surface area (Å²) in [5.41, 5.74) is 1.74. The van der Waals surface area contributed by atoms with Gasteiger partial charge in [-0.05, 0) is 48.0 Å². The third-order valence-corrected chi connectivity index (χ3v) is 4.08. The number of fused-ring (bicyclic) bond motifs is 1. The van der Waals surface area contributed by atoms with E-state index in [9.17, 15) is 9.59 Å². The van der Waals surface area contributed by atoms with E-state index in [-0.39, 0.29) is 24.5 Å². The van der Waals surface area contributed by atoms with E-state index in [4.69, 9.17) is 15.9 Å². The molecule has 2 aliphatic heterocycles. The predicted molar refractivity (Wildman–Crippen MR) is 78.8 cm³/mol.